The third-order valence-electron chi connectivity index (χ3n) is 2.95. The molecule has 0 aliphatic heterocycles. The highest BCUT2D eigenvalue weighted by atomic mass is 16.5. The van der Waals surface area contributed by atoms with E-state index in [1.807, 2.05) is 14.0 Å². The van der Waals surface area contributed by atoms with Crippen molar-refractivity contribution in [2.45, 2.75) is 52.0 Å². The minimum absolute atomic E-state index is 0.404. The summed E-state index contributed by atoms with van der Waals surface area (Å²) in [5.74, 6) is 0.650. The first-order valence-electron chi connectivity index (χ1n) is 6.26. The van der Waals surface area contributed by atoms with Crippen molar-refractivity contribution in [1.82, 2.24) is 5.32 Å². The summed E-state index contributed by atoms with van der Waals surface area (Å²) < 4.78 is 5.60. The van der Waals surface area contributed by atoms with Crippen LogP contribution in [0.4, 0.5) is 0 Å². The van der Waals surface area contributed by atoms with E-state index in [0.717, 1.165) is 26.1 Å². The smallest absolute Gasteiger partial charge is 0.103 e. The van der Waals surface area contributed by atoms with Gasteiger partial charge in [-0.1, -0.05) is 20.3 Å². The fourth-order valence-corrected chi connectivity index (χ4v) is 1.63. The molecule has 0 spiro atoms. The highest BCUT2D eigenvalue weighted by Crippen LogP contribution is 2.11. The minimum atomic E-state index is -0.404. The molecule has 3 heteroatoms. The van der Waals surface area contributed by atoms with E-state index in [0.29, 0.717) is 5.92 Å². The second kappa shape index (κ2) is 8.55. The summed E-state index contributed by atoms with van der Waals surface area (Å²) in [6.45, 7) is 7.94. The number of hydrogen-bond donors (Lipinski definition) is 1. The molecular formula is C13H26N2O. The largest absolute Gasteiger partial charge is 0.381 e. The van der Waals surface area contributed by atoms with E-state index < -0.39 is 5.54 Å². The number of nitriles is 1. The van der Waals surface area contributed by atoms with Gasteiger partial charge in [0, 0.05) is 13.2 Å². The van der Waals surface area contributed by atoms with Crippen molar-refractivity contribution in [2.75, 3.05) is 20.3 Å². The van der Waals surface area contributed by atoms with E-state index in [4.69, 9.17) is 10.00 Å². The fourth-order valence-electron chi connectivity index (χ4n) is 1.63. The summed E-state index contributed by atoms with van der Waals surface area (Å²) >= 11 is 0. The Morgan fingerprint density at radius 2 is 2.19 bits per heavy atom. The van der Waals surface area contributed by atoms with Gasteiger partial charge in [-0.2, -0.15) is 5.26 Å². The monoisotopic (exact) mass is 226 g/mol. The number of ether oxygens (including phenoxy) is 1. The van der Waals surface area contributed by atoms with Crippen LogP contribution in [0, 0.1) is 17.2 Å². The first-order chi connectivity index (χ1) is 7.58. The second-order valence-corrected chi connectivity index (χ2v) is 4.77. The van der Waals surface area contributed by atoms with E-state index >= 15 is 0 Å². The standard InChI is InChI=1S/C13H26N2O/c1-5-7-12(2)10-16-9-6-8-13(3,11-14)15-4/h12,15H,5-10H2,1-4H3. The van der Waals surface area contributed by atoms with Crippen LogP contribution in [0.25, 0.3) is 0 Å². The van der Waals surface area contributed by atoms with E-state index in [2.05, 4.69) is 25.2 Å². The number of nitrogens with one attached hydrogen (secondary N) is 1. The van der Waals surface area contributed by atoms with E-state index in [-0.39, 0.29) is 0 Å². The third kappa shape index (κ3) is 6.81. The van der Waals surface area contributed by atoms with Crippen LogP contribution in [-0.4, -0.2) is 25.8 Å². The lowest BCUT2D eigenvalue weighted by atomic mass is 9.98. The van der Waals surface area contributed by atoms with Crippen LogP contribution in [0.15, 0.2) is 0 Å². The van der Waals surface area contributed by atoms with Gasteiger partial charge in [0.15, 0.2) is 0 Å². The quantitative estimate of drug-likeness (QED) is 0.615. The second-order valence-electron chi connectivity index (χ2n) is 4.77. The molecule has 2 atom stereocenters. The summed E-state index contributed by atoms with van der Waals surface area (Å²) in [5, 5.41) is 12.0. The molecule has 3 nitrogen and oxygen atoms in total. The zero-order valence-corrected chi connectivity index (χ0v) is 11.2. The molecule has 2 unspecified atom stereocenters. The molecule has 0 radical (unpaired) electrons. The molecule has 0 amide bonds. The zero-order chi connectivity index (χ0) is 12.4. The van der Waals surface area contributed by atoms with Crippen molar-refractivity contribution in [3.63, 3.8) is 0 Å². The number of rotatable bonds is 9. The van der Waals surface area contributed by atoms with Gasteiger partial charge < -0.3 is 10.1 Å². The first-order valence-corrected chi connectivity index (χ1v) is 6.26. The van der Waals surface area contributed by atoms with E-state index in [1.165, 1.54) is 12.8 Å². The van der Waals surface area contributed by atoms with Crippen molar-refractivity contribution in [2.24, 2.45) is 5.92 Å². The molecule has 0 aromatic rings. The van der Waals surface area contributed by atoms with Crippen molar-refractivity contribution < 1.29 is 4.74 Å². The maximum absolute atomic E-state index is 8.95. The number of hydrogen-bond acceptors (Lipinski definition) is 3. The van der Waals surface area contributed by atoms with Crippen molar-refractivity contribution in [3.05, 3.63) is 0 Å². The van der Waals surface area contributed by atoms with Gasteiger partial charge in [-0.3, -0.25) is 0 Å². The summed E-state index contributed by atoms with van der Waals surface area (Å²) in [5.41, 5.74) is -0.404. The summed E-state index contributed by atoms with van der Waals surface area (Å²) in [6, 6.07) is 2.28. The molecule has 0 aliphatic rings. The van der Waals surface area contributed by atoms with Crippen LogP contribution >= 0.6 is 0 Å². The summed E-state index contributed by atoms with van der Waals surface area (Å²) in [4.78, 5) is 0. The van der Waals surface area contributed by atoms with Gasteiger partial charge in [0.2, 0.25) is 0 Å². The average molecular weight is 226 g/mol. The lowest BCUT2D eigenvalue weighted by Gasteiger charge is -2.20. The van der Waals surface area contributed by atoms with Gasteiger partial charge in [-0.05, 0) is 39.2 Å². The lowest BCUT2D eigenvalue weighted by Crippen LogP contribution is -2.38. The third-order valence-corrected chi connectivity index (χ3v) is 2.95. The fraction of sp³-hybridized carbons (Fsp3) is 0.923. The Morgan fingerprint density at radius 3 is 2.69 bits per heavy atom. The average Bonchev–Trinajstić information content (AvgIpc) is 2.28. The molecule has 94 valence electrons. The minimum Gasteiger partial charge on any atom is -0.381 e. The molecule has 1 N–H and O–H groups in total. The summed E-state index contributed by atoms with van der Waals surface area (Å²) in [7, 11) is 1.83. The Balaban J connectivity index is 3.50. The topological polar surface area (TPSA) is 45.0 Å². The highest BCUT2D eigenvalue weighted by molar-refractivity contribution is 5.02. The van der Waals surface area contributed by atoms with Crippen molar-refractivity contribution in [1.29, 1.82) is 5.26 Å². The SMILES string of the molecule is CCCC(C)COCCCC(C)(C#N)NC. The molecular weight excluding hydrogens is 200 g/mol. The van der Waals surface area contributed by atoms with Crippen LogP contribution in [-0.2, 0) is 4.74 Å². The Bertz CT molecular complexity index is 212. The molecule has 16 heavy (non-hydrogen) atoms. The van der Waals surface area contributed by atoms with Gasteiger partial charge in [0.1, 0.15) is 5.54 Å². The van der Waals surface area contributed by atoms with Crippen LogP contribution < -0.4 is 5.32 Å². The first kappa shape index (κ1) is 15.4. The predicted molar refractivity (Wildman–Crippen MR) is 67.2 cm³/mol. The van der Waals surface area contributed by atoms with Crippen LogP contribution in [0.1, 0.15) is 46.5 Å². The molecule has 0 rings (SSSR count). The van der Waals surface area contributed by atoms with Crippen molar-refractivity contribution >= 4 is 0 Å². The Kier molecular flexibility index (Phi) is 8.23. The Hall–Kier alpha value is -0.590. The Morgan fingerprint density at radius 1 is 1.50 bits per heavy atom. The summed E-state index contributed by atoms with van der Waals surface area (Å²) in [6.07, 6.45) is 4.22. The molecule has 0 saturated carbocycles. The molecule has 0 heterocycles. The highest BCUT2D eigenvalue weighted by Gasteiger charge is 2.19. The molecule has 0 fully saturated rings. The van der Waals surface area contributed by atoms with Crippen LogP contribution in [0.2, 0.25) is 0 Å². The van der Waals surface area contributed by atoms with Crippen LogP contribution in [0.3, 0.4) is 0 Å². The molecule has 0 aliphatic carbocycles. The van der Waals surface area contributed by atoms with Crippen LogP contribution in [0.5, 0.6) is 0 Å². The van der Waals surface area contributed by atoms with Crippen molar-refractivity contribution in [3.8, 4) is 6.07 Å². The maximum Gasteiger partial charge on any atom is 0.103 e. The maximum atomic E-state index is 8.95. The van der Waals surface area contributed by atoms with Gasteiger partial charge in [-0.25, -0.2) is 0 Å². The lowest BCUT2D eigenvalue weighted by molar-refractivity contribution is 0.0959. The Labute approximate surface area is 100 Å². The van der Waals surface area contributed by atoms with Gasteiger partial charge in [0.05, 0.1) is 6.07 Å². The van der Waals surface area contributed by atoms with Gasteiger partial charge in [0.25, 0.3) is 0 Å². The molecule has 0 bridgehead atoms. The van der Waals surface area contributed by atoms with Gasteiger partial charge in [-0.15, -0.1) is 0 Å². The predicted octanol–water partition coefficient (Wildman–Crippen LogP) is 2.72. The van der Waals surface area contributed by atoms with Gasteiger partial charge >= 0.3 is 0 Å². The molecule has 0 aromatic carbocycles. The van der Waals surface area contributed by atoms with E-state index in [1.54, 1.807) is 0 Å². The molecule has 0 aromatic heterocycles. The van der Waals surface area contributed by atoms with E-state index in [9.17, 15) is 0 Å². The molecule has 0 saturated heterocycles. The zero-order valence-electron chi connectivity index (χ0n) is 11.2. The number of nitrogens with zero attached hydrogens (tertiary/aromatic N) is 1. The normalized spacial score (nSPS) is 16.4.